The molecule has 0 aromatic heterocycles. The summed E-state index contributed by atoms with van der Waals surface area (Å²) in [4.78, 5) is 10.9. The lowest BCUT2D eigenvalue weighted by Gasteiger charge is -2.11. The highest BCUT2D eigenvalue weighted by molar-refractivity contribution is 6.68. The van der Waals surface area contributed by atoms with E-state index < -0.39 is 17.0 Å². The summed E-state index contributed by atoms with van der Waals surface area (Å²) < 4.78 is 37.4. The molecule has 16 heavy (non-hydrogen) atoms. The van der Waals surface area contributed by atoms with Gasteiger partial charge in [-0.3, -0.25) is 4.79 Å². The van der Waals surface area contributed by atoms with Gasteiger partial charge in [-0.1, -0.05) is 0 Å². The number of rotatable bonds is 1. The van der Waals surface area contributed by atoms with Crippen LogP contribution in [0, 0.1) is 18.3 Å². The van der Waals surface area contributed by atoms with Gasteiger partial charge in [0.2, 0.25) is 0 Å². The molecule has 0 saturated carbocycles. The minimum Gasteiger partial charge on any atom is -0.276 e. The monoisotopic (exact) mass is 247 g/mol. The predicted octanol–water partition coefficient (Wildman–Crippen LogP) is 3.26. The maximum absolute atomic E-state index is 12.5. The van der Waals surface area contributed by atoms with E-state index in [1.165, 1.54) is 13.0 Å². The van der Waals surface area contributed by atoms with Gasteiger partial charge in [0, 0.05) is 0 Å². The fourth-order valence-electron chi connectivity index (χ4n) is 1.27. The van der Waals surface area contributed by atoms with Crippen LogP contribution in [0.4, 0.5) is 13.2 Å². The normalized spacial score (nSPS) is 11.0. The van der Waals surface area contributed by atoms with E-state index in [1.54, 1.807) is 0 Å². The molecular formula is C10H5ClF3NO. The summed E-state index contributed by atoms with van der Waals surface area (Å²) >= 11 is 5.15. The first-order valence-electron chi connectivity index (χ1n) is 4.09. The average molecular weight is 248 g/mol. The molecule has 0 spiro atoms. The molecule has 0 heterocycles. The Labute approximate surface area is 94.2 Å². The molecule has 0 bridgehead atoms. The molecule has 0 unspecified atom stereocenters. The fraction of sp³-hybridized carbons (Fsp3) is 0.200. The van der Waals surface area contributed by atoms with Gasteiger partial charge in [-0.05, 0) is 36.2 Å². The van der Waals surface area contributed by atoms with Crippen molar-refractivity contribution in [3.05, 3.63) is 34.4 Å². The maximum atomic E-state index is 12.5. The number of alkyl halides is 3. The lowest BCUT2D eigenvalue weighted by molar-refractivity contribution is -0.138. The van der Waals surface area contributed by atoms with Crippen molar-refractivity contribution < 1.29 is 18.0 Å². The summed E-state index contributed by atoms with van der Waals surface area (Å²) in [6.07, 6.45) is -4.55. The van der Waals surface area contributed by atoms with Gasteiger partial charge in [-0.2, -0.15) is 18.4 Å². The second kappa shape index (κ2) is 4.14. The highest BCUT2D eigenvalue weighted by Crippen LogP contribution is 2.33. The molecule has 0 atom stereocenters. The third-order valence-corrected chi connectivity index (χ3v) is 2.21. The highest BCUT2D eigenvalue weighted by atomic mass is 35.5. The van der Waals surface area contributed by atoms with Crippen molar-refractivity contribution in [2.24, 2.45) is 0 Å². The van der Waals surface area contributed by atoms with Crippen LogP contribution in [0.15, 0.2) is 12.1 Å². The second-order valence-corrected chi connectivity index (χ2v) is 3.44. The molecule has 0 aliphatic heterocycles. The van der Waals surface area contributed by atoms with Crippen molar-refractivity contribution in [3.63, 3.8) is 0 Å². The van der Waals surface area contributed by atoms with E-state index in [9.17, 15) is 18.0 Å². The van der Waals surface area contributed by atoms with Crippen molar-refractivity contribution in [1.82, 2.24) is 0 Å². The van der Waals surface area contributed by atoms with Crippen LogP contribution in [-0.2, 0) is 6.18 Å². The lowest BCUT2D eigenvalue weighted by Crippen LogP contribution is -2.09. The van der Waals surface area contributed by atoms with Gasteiger partial charge >= 0.3 is 6.18 Å². The Morgan fingerprint density at radius 1 is 1.44 bits per heavy atom. The number of nitriles is 1. The van der Waals surface area contributed by atoms with E-state index in [-0.39, 0.29) is 16.7 Å². The largest absolute Gasteiger partial charge is 0.416 e. The molecule has 1 aromatic carbocycles. The zero-order chi connectivity index (χ0) is 12.5. The van der Waals surface area contributed by atoms with E-state index in [0.29, 0.717) is 6.07 Å². The Kier molecular flexibility index (Phi) is 3.24. The van der Waals surface area contributed by atoms with Crippen molar-refractivity contribution >= 4 is 16.8 Å². The zero-order valence-electron chi connectivity index (χ0n) is 8.02. The molecule has 6 heteroatoms. The van der Waals surface area contributed by atoms with E-state index in [0.717, 1.165) is 6.07 Å². The standard InChI is InChI=1S/C10H5ClF3NO/c1-5-2-7(9(11)16)6(4-15)3-8(5)10(12,13)14/h2-3H,1H3. The summed E-state index contributed by atoms with van der Waals surface area (Å²) in [7, 11) is 0. The smallest absolute Gasteiger partial charge is 0.276 e. The number of carbonyl (C=O) groups excluding carboxylic acids is 1. The summed E-state index contributed by atoms with van der Waals surface area (Å²) in [6, 6.07) is 3.11. The van der Waals surface area contributed by atoms with Gasteiger partial charge in [0.25, 0.3) is 5.24 Å². The van der Waals surface area contributed by atoms with Gasteiger partial charge in [0.15, 0.2) is 0 Å². The predicted molar refractivity (Wildman–Crippen MR) is 51.1 cm³/mol. The molecule has 2 nitrogen and oxygen atoms in total. The van der Waals surface area contributed by atoms with Gasteiger partial charge in [-0.15, -0.1) is 0 Å². The Bertz CT molecular complexity index is 488. The Balaban J connectivity index is 3.51. The van der Waals surface area contributed by atoms with Gasteiger partial charge in [0.05, 0.1) is 22.8 Å². The van der Waals surface area contributed by atoms with Crippen LogP contribution in [0.25, 0.3) is 0 Å². The minimum atomic E-state index is -4.55. The molecule has 0 aliphatic carbocycles. The van der Waals surface area contributed by atoms with Crippen molar-refractivity contribution in [2.75, 3.05) is 0 Å². The van der Waals surface area contributed by atoms with Crippen molar-refractivity contribution in [3.8, 4) is 6.07 Å². The van der Waals surface area contributed by atoms with Gasteiger partial charge in [-0.25, -0.2) is 0 Å². The minimum absolute atomic E-state index is 0.143. The molecule has 84 valence electrons. The third-order valence-electron chi connectivity index (χ3n) is 2.00. The van der Waals surface area contributed by atoms with Crippen LogP contribution in [-0.4, -0.2) is 5.24 Å². The molecule has 0 radical (unpaired) electrons. The van der Waals surface area contributed by atoms with Gasteiger partial charge < -0.3 is 0 Å². The van der Waals surface area contributed by atoms with Crippen LogP contribution < -0.4 is 0 Å². The summed E-state index contributed by atoms with van der Waals surface area (Å²) in [6.45, 7) is 1.20. The summed E-state index contributed by atoms with van der Waals surface area (Å²) in [5, 5.41) is 7.67. The summed E-state index contributed by atoms with van der Waals surface area (Å²) in [5.74, 6) is 0. The molecular weight excluding hydrogens is 243 g/mol. The second-order valence-electron chi connectivity index (χ2n) is 3.10. The van der Waals surface area contributed by atoms with Crippen LogP contribution in [0.3, 0.4) is 0 Å². The molecule has 0 saturated heterocycles. The topological polar surface area (TPSA) is 40.9 Å². The van der Waals surface area contributed by atoms with E-state index in [1.807, 2.05) is 0 Å². The van der Waals surface area contributed by atoms with Crippen molar-refractivity contribution in [2.45, 2.75) is 13.1 Å². The van der Waals surface area contributed by atoms with Crippen molar-refractivity contribution in [1.29, 1.82) is 5.26 Å². The average Bonchev–Trinajstić information content (AvgIpc) is 2.15. The van der Waals surface area contributed by atoms with Crippen LogP contribution in [0.5, 0.6) is 0 Å². The SMILES string of the molecule is Cc1cc(C(=O)Cl)c(C#N)cc1C(F)(F)F. The molecule has 0 aliphatic rings. The van der Waals surface area contributed by atoms with Crippen LogP contribution in [0.1, 0.15) is 27.0 Å². The highest BCUT2D eigenvalue weighted by Gasteiger charge is 2.33. The first-order chi connectivity index (χ1) is 7.27. The third kappa shape index (κ3) is 2.34. The number of hydrogen-bond acceptors (Lipinski definition) is 2. The van der Waals surface area contributed by atoms with E-state index >= 15 is 0 Å². The number of halogens is 4. The number of aryl methyl sites for hydroxylation is 1. The van der Waals surface area contributed by atoms with Gasteiger partial charge in [0.1, 0.15) is 0 Å². The molecule has 1 aromatic rings. The number of carbonyl (C=O) groups is 1. The first kappa shape index (κ1) is 12.5. The Hall–Kier alpha value is -1.54. The summed E-state index contributed by atoms with van der Waals surface area (Å²) in [5.41, 5.74) is -1.67. The molecule has 0 N–H and O–H groups in total. The van der Waals surface area contributed by atoms with E-state index in [2.05, 4.69) is 0 Å². The molecule has 0 fully saturated rings. The number of hydrogen-bond donors (Lipinski definition) is 0. The quantitative estimate of drug-likeness (QED) is 0.715. The Morgan fingerprint density at radius 3 is 2.38 bits per heavy atom. The van der Waals surface area contributed by atoms with Crippen LogP contribution >= 0.6 is 11.6 Å². The lowest BCUT2D eigenvalue weighted by atomic mass is 10.00. The molecule has 0 amide bonds. The first-order valence-corrected chi connectivity index (χ1v) is 4.47. The van der Waals surface area contributed by atoms with E-state index in [4.69, 9.17) is 16.9 Å². The number of nitrogens with zero attached hydrogens (tertiary/aromatic N) is 1. The zero-order valence-corrected chi connectivity index (χ0v) is 8.78. The number of benzene rings is 1. The molecule has 1 rings (SSSR count). The fourth-order valence-corrected chi connectivity index (χ4v) is 1.42. The van der Waals surface area contributed by atoms with Crippen LogP contribution in [0.2, 0.25) is 0 Å². The Morgan fingerprint density at radius 2 is 2.00 bits per heavy atom. The maximum Gasteiger partial charge on any atom is 0.416 e.